The third kappa shape index (κ3) is 1.87. The molecular weight excluding hydrogens is 258 g/mol. The van der Waals surface area contributed by atoms with Gasteiger partial charge in [0.05, 0.1) is 27.3 Å². The highest BCUT2D eigenvalue weighted by molar-refractivity contribution is 6.49. The van der Waals surface area contributed by atoms with Gasteiger partial charge in [0.2, 0.25) is 0 Å². The molecule has 0 aromatic heterocycles. The van der Waals surface area contributed by atoms with E-state index in [0.29, 0.717) is 33.9 Å². The third-order valence-corrected chi connectivity index (χ3v) is 3.39. The van der Waals surface area contributed by atoms with Gasteiger partial charge in [0.25, 0.3) is 6.02 Å². The van der Waals surface area contributed by atoms with E-state index < -0.39 is 0 Å². The number of hydrogen-bond donors (Lipinski definition) is 1. The van der Waals surface area contributed by atoms with E-state index in [-0.39, 0.29) is 6.02 Å². The number of anilines is 1. The molecule has 3 nitrogen and oxygen atoms in total. The molecule has 0 radical (unpaired) electrons. The van der Waals surface area contributed by atoms with Crippen molar-refractivity contribution in [1.29, 1.82) is 5.41 Å². The highest BCUT2D eigenvalue weighted by atomic mass is 35.5. The molecule has 1 N–H and O–H groups in total. The van der Waals surface area contributed by atoms with Crippen LogP contribution in [0.25, 0.3) is 0 Å². The Balaban J connectivity index is 2.45. The molecule has 1 aliphatic heterocycles. The molecule has 1 aromatic rings. The summed E-state index contributed by atoms with van der Waals surface area (Å²) in [5.74, 6) is 0. The molecule has 1 aromatic carbocycles. The Bertz CT molecular complexity index is 422. The predicted molar refractivity (Wildman–Crippen MR) is 62.5 cm³/mol. The van der Waals surface area contributed by atoms with Crippen LogP contribution in [0.1, 0.15) is 0 Å². The molecule has 0 aliphatic carbocycles. The Labute approximate surface area is 102 Å². The summed E-state index contributed by atoms with van der Waals surface area (Å²) in [7, 11) is 0. The fourth-order valence-corrected chi connectivity index (χ4v) is 2.00. The lowest BCUT2D eigenvalue weighted by molar-refractivity contribution is 0.350. The molecule has 0 atom stereocenters. The Morgan fingerprint density at radius 3 is 2.53 bits per heavy atom. The molecule has 15 heavy (non-hydrogen) atoms. The molecule has 0 amide bonds. The lowest BCUT2D eigenvalue weighted by atomic mass is 10.3. The molecule has 1 saturated heterocycles. The zero-order chi connectivity index (χ0) is 11.0. The highest BCUT2D eigenvalue weighted by Gasteiger charge is 2.23. The van der Waals surface area contributed by atoms with Crippen molar-refractivity contribution in [3.63, 3.8) is 0 Å². The number of hydrogen-bond acceptors (Lipinski definition) is 2. The van der Waals surface area contributed by atoms with Crippen LogP contribution in [0.4, 0.5) is 5.69 Å². The number of nitrogens with zero attached hydrogens (tertiary/aromatic N) is 1. The summed E-state index contributed by atoms with van der Waals surface area (Å²) in [5, 5.41) is 8.58. The molecule has 2 rings (SSSR count). The quantitative estimate of drug-likeness (QED) is 0.790. The molecule has 0 unspecified atom stereocenters. The first kappa shape index (κ1) is 10.9. The van der Waals surface area contributed by atoms with Crippen molar-refractivity contribution in [1.82, 2.24) is 0 Å². The zero-order valence-electron chi connectivity index (χ0n) is 7.56. The summed E-state index contributed by atoms with van der Waals surface area (Å²) in [4.78, 5) is 1.64. The Hall–Kier alpha value is -0.640. The van der Waals surface area contributed by atoms with Gasteiger partial charge >= 0.3 is 0 Å². The molecular formula is C9H7Cl3N2O. The summed E-state index contributed by atoms with van der Waals surface area (Å²) in [5.41, 5.74) is 0.647. The number of benzene rings is 1. The van der Waals surface area contributed by atoms with Gasteiger partial charge in [-0.1, -0.05) is 34.8 Å². The smallest absolute Gasteiger partial charge is 0.289 e. The van der Waals surface area contributed by atoms with Gasteiger partial charge in [-0.15, -0.1) is 0 Å². The second-order valence-electron chi connectivity index (χ2n) is 3.00. The van der Waals surface area contributed by atoms with E-state index in [1.807, 2.05) is 0 Å². The van der Waals surface area contributed by atoms with Crippen LogP contribution in [-0.4, -0.2) is 19.2 Å². The molecule has 80 valence electrons. The number of amidine groups is 1. The second-order valence-corrected chi connectivity index (χ2v) is 4.16. The maximum atomic E-state index is 7.53. The van der Waals surface area contributed by atoms with E-state index in [2.05, 4.69) is 0 Å². The largest absolute Gasteiger partial charge is 0.463 e. The maximum absolute atomic E-state index is 7.53. The van der Waals surface area contributed by atoms with Crippen LogP contribution in [0, 0.1) is 5.41 Å². The summed E-state index contributed by atoms with van der Waals surface area (Å²) in [6.45, 7) is 1.08. The van der Waals surface area contributed by atoms with Crippen molar-refractivity contribution in [2.24, 2.45) is 0 Å². The van der Waals surface area contributed by atoms with E-state index in [9.17, 15) is 0 Å². The van der Waals surface area contributed by atoms with Crippen LogP contribution >= 0.6 is 34.8 Å². The Morgan fingerprint density at radius 2 is 1.93 bits per heavy atom. The molecule has 0 saturated carbocycles. The number of rotatable bonds is 1. The van der Waals surface area contributed by atoms with Gasteiger partial charge < -0.3 is 4.74 Å². The van der Waals surface area contributed by atoms with E-state index in [1.54, 1.807) is 17.0 Å². The Kier molecular flexibility index (Phi) is 2.96. The average molecular weight is 266 g/mol. The fraction of sp³-hybridized carbons (Fsp3) is 0.222. The first-order valence-electron chi connectivity index (χ1n) is 4.23. The van der Waals surface area contributed by atoms with Gasteiger partial charge in [0.1, 0.15) is 6.61 Å². The molecule has 1 aliphatic rings. The zero-order valence-corrected chi connectivity index (χ0v) is 9.83. The van der Waals surface area contributed by atoms with Gasteiger partial charge in [-0.05, 0) is 12.1 Å². The Morgan fingerprint density at radius 1 is 1.20 bits per heavy atom. The van der Waals surface area contributed by atoms with Crippen LogP contribution in [0.5, 0.6) is 0 Å². The summed E-state index contributed by atoms with van der Waals surface area (Å²) >= 11 is 17.7. The minimum Gasteiger partial charge on any atom is -0.463 e. The van der Waals surface area contributed by atoms with Crippen molar-refractivity contribution >= 4 is 46.5 Å². The summed E-state index contributed by atoms with van der Waals surface area (Å²) < 4.78 is 5.02. The minimum absolute atomic E-state index is 0.0790. The lowest BCUT2D eigenvalue weighted by Gasteiger charge is -2.17. The van der Waals surface area contributed by atoms with Crippen LogP contribution in [-0.2, 0) is 4.74 Å². The molecule has 1 fully saturated rings. The van der Waals surface area contributed by atoms with E-state index in [1.165, 1.54) is 0 Å². The SMILES string of the molecule is N=C1OCCN1c1ccc(Cl)c(Cl)c1Cl. The number of ether oxygens (including phenoxy) is 1. The predicted octanol–water partition coefficient (Wildman–Crippen LogP) is 3.42. The van der Waals surface area contributed by atoms with E-state index in [4.69, 9.17) is 44.9 Å². The monoisotopic (exact) mass is 264 g/mol. The van der Waals surface area contributed by atoms with E-state index >= 15 is 0 Å². The molecule has 1 heterocycles. The number of nitrogens with one attached hydrogen (secondary N) is 1. The van der Waals surface area contributed by atoms with Gasteiger partial charge in [-0.25, -0.2) is 0 Å². The van der Waals surface area contributed by atoms with Gasteiger partial charge in [0.15, 0.2) is 0 Å². The maximum Gasteiger partial charge on any atom is 0.289 e. The lowest BCUT2D eigenvalue weighted by Crippen LogP contribution is -2.24. The molecule has 0 bridgehead atoms. The highest BCUT2D eigenvalue weighted by Crippen LogP contribution is 2.38. The van der Waals surface area contributed by atoms with Crippen molar-refractivity contribution in [3.05, 3.63) is 27.2 Å². The third-order valence-electron chi connectivity index (χ3n) is 2.10. The first-order valence-corrected chi connectivity index (χ1v) is 5.37. The van der Waals surface area contributed by atoms with Crippen LogP contribution in [0.3, 0.4) is 0 Å². The fourth-order valence-electron chi connectivity index (χ4n) is 1.37. The normalized spacial score (nSPS) is 15.7. The van der Waals surface area contributed by atoms with E-state index in [0.717, 1.165) is 0 Å². The average Bonchev–Trinajstić information content (AvgIpc) is 2.62. The molecule has 0 spiro atoms. The van der Waals surface area contributed by atoms with Crippen LogP contribution in [0.15, 0.2) is 12.1 Å². The van der Waals surface area contributed by atoms with Crippen molar-refractivity contribution < 1.29 is 4.74 Å². The van der Waals surface area contributed by atoms with Crippen molar-refractivity contribution in [2.45, 2.75) is 0 Å². The van der Waals surface area contributed by atoms with Gasteiger partial charge in [-0.2, -0.15) is 0 Å². The standard InChI is InChI=1S/C9H7Cl3N2O/c10-5-1-2-6(8(12)7(5)11)14-3-4-15-9(14)13/h1-2,13H,3-4H2. The van der Waals surface area contributed by atoms with Gasteiger partial charge in [-0.3, -0.25) is 10.3 Å². The van der Waals surface area contributed by atoms with Crippen molar-refractivity contribution in [3.8, 4) is 0 Å². The minimum atomic E-state index is 0.0790. The number of halogens is 3. The summed E-state index contributed by atoms with van der Waals surface area (Å²) in [6.07, 6.45) is 0. The second kappa shape index (κ2) is 4.08. The van der Waals surface area contributed by atoms with Gasteiger partial charge in [0, 0.05) is 0 Å². The topological polar surface area (TPSA) is 36.3 Å². The molecule has 6 heteroatoms. The first-order chi connectivity index (χ1) is 7.11. The summed E-state index contributed by atoms with van der Waals surface area (Å²) in [6, 6.07) is 3.45. The van der Waals surface area contributed by atoms with Crippen LogP contribution in [0.2, 0.25) is 15.1 Å². The van der Waals surface area contributed by atoms with Crippen LogP contribution < -0.4 is 4.90 Å². The van der Waals surface area contributed by atoms with Crippen molar-refractivity contribution in [2.75, 3.05) is 18.1 Å².